The molecule has 7 heteroatoms. The molecule has 0 bridgehead atoms. The molecule has 1 aromatic carbocycles. The minimum atomic E-state index is -3.56. The third-order valence-corrected chi connectivity index (χ3v) is 5.25. The van der Waals surface area contributed by atoms with E-state index in [0.717, 1.165) is 6.54 Å². The highest BCUT2D eigenvalue weighted by Crippen LogP contribution is 2.11. The minimum Gasteiger partial charge on any atom is -0.468 e. The van der Waals surface area contributed by atoms with Gasteiger partial charge in [0.25, 0.3) is 0 Å². The van der Waals surface area contributed by atoms with Crippen molar-refractivity contribution in [1.29, 1.82) is 0 Å². The molecule has 1 saturated heterocycles. The van der Waals surface area contributed by atoms with E-state index in [2.05, 4.69) is 21.8 Å². The number of esters is 1. The Morgan fingerprint density at radius 1 is 1.14 bits per heavy atom. The lowest BCUT2D eigenvalue weighted by Gasteiger charge is -2.33. The van der Waals surface area contributed by atoms with Crippen molar-refractivity contribution in [2.45, 2.75) is 6.54 Å². The van der Waals surface area contributed by atoms with Gasteiger partial charge in [-0.15, -0.1) is 0 Å². The molecule has 0 spiro atoms. The second-order valence-corrected chi connectivity index (χ2v) is 6.96. The van der Waals surface area contributed by atoms with Gasteiger partial charge in [-0.25, -0.2) is 8.42 Å². The van der Waals surface area contributed by atoms with Gasteiger partial charge in [0.1, 0.15) is 0 Å². The number of carbonyl (C=O) groups excluding carboxylic acids is 1. The summed E-state index contributed by atoms with van der Waals surface area (Å²) in [5, 5.41) is 0. The Morgan fingerprint density at radius 2 is 1.76 bits per heavy atom. The number of nitrogens with zero attached hydrogens (tertiary/aromatic N) is 2. The van der Waals surface area contributed by atoms with Crippen LogP contribution in [0.2, 0.25) is 0 Å². The molecule has 0 amide bonds. The molecule has 1 aliphatic heterocycles. The number of rotatable bonds is 5. The van der Waals surface area contributed by atoms with Gasteiger partial charge >= 0.3 is 5.97 Å². The Bertz CT molecular complexity index is 566. The second-order valence-electron chi connectivity index (χ2n) is 4.99. The van der Waals surface area contributed by atoms with Gasteiger partial charge in [-0.05, 0) is 5.56 Å². The van der Waals surface area contributed by atoms with E-state index in [9.17, 15) is 13.2 Å². The predicted molar refractivity (Wildman–Crippen MR) is 79.1 cm³/mol. The van der Waals surface area contributed by atoms with Crippen molar-refractivity contribution in [2.24, 2.45) is 0 Å². The van der Waals surface area contributed by atoms with Gasteiger partial charge in [0.15, 0.2) is 5.75 Å². The summed E-state index contributed by atoms with van der Waals surface area (Å²) in [7, 11) is -2.37. The van der Waals surface area contributed by atoms with Gasteiger partial charge in [-0.1, -0.05) is 30.3 Å². The number of ether oxygens (including phenoxy) is 1. The highest BCUT2D eigenvalue weighted by Gasteiger charge is 2.29. The third kappa shape index (κ3) is 4.52. The van der Waals surface area contributed by atoms with E-state index < -0.39 is 21.7 Å². The molecule has 0 atom stereocenters. The van der Waals surface area contributed by atoms with Crippen molar-refractivity contribution in [2.75, 3.05) is 39.0 Å². The second kappa shape index (κ2) is 7.02. The van der Waals surface area contributed by atoms with E-state index in [1.165, 1.54) is 17.0 Å². The largest absolute Gasteiger partial charge is 0.468 e. The lowest BCUT2D eigenvalue weighted by molar-refractivity contribution is -0.137. The lowest BCUT2D eigenvalue weighted by atomic mass is 10.2. The highest BCUT2D eigenvalue weighted by atomic mass is 32.2. The summed E-state index contributed by atoms with van der Waals surface area (Å²) in [5.74, 6) is -1.30. The van der Waals surface area contributed by atoms with Gasteiger partial charge in [-0.2, -0.15) is 4.31 Å². The smallest absolute Gasteiger partial charge is 0.322 e. The molecule has 0 radical (unpaired) electrons. The predicted octanol–water partition coefficient (Wildman–Crippen LogP) is 0.307. The van der Waals surface area contributed by atoms with E-state index in [4.69, 9.17) is 0 Å². The fourth-order valence-electron chi connectivity index (χ4n) is 2.31. The van der Waals surface area contributed by atoms with Crippen molar-refractivity contribution >= 4 is 16.0 Å². The first-order valence-electron chi connectivity index (χ1n) is 6.82. The average Bonchev–Trinajstić information content (AvgIpc) is 2.48. The van der Waals surface area contributed by atoms with Crippen LogP contribution in [0.15, 0.2) is 30.3 Å². The molecule has 21 heavy (non-hydrogen) atoms. The molecule has 0 aromatic heterocycles. The molecule has 2 rings (SSSR count). The van der Waals surface area contributed by atoms with Gasteiger partial charge < -0.3 is 4.74 Å². The first-order chi connectivity index (χ1) is 10.0. The summed E-state index contributed by atoms with van der Waals surface area (Å²) in [4.78, 5) is 13.3. The molecule has 6 nitrogen and oxygen atoms in total. The van der Waals surface area contributed by atoms with Crippen molar-refractivity contribution in [3.05, 3.63) is 35.9 Å². The van der Waals surface area contributed by atoms with Crippen LogP contribution in [-0.2, 0) is 26.1 Å². The number of sulfonamides is 1. The SMILES string of the molecule is COC(=O)CS(=O)(=O)N1CCN(Cc2ccccc2)CC1. The molecule has 1 aliphatic rings. The molecule has 1 heterocycles. The molecule has 1 fully saturated rings. The van der Waals surface area contributed by atoms with Gasteiger partial charge in [0.05, 0.1) is 7.11 Å². The first kappa shape index (κ1) is 15.9. The number of hydrogen-bond acceptors (Lipinski definition) is 5. The monoisotopic (exact) mass is 312 g/mol. The van der Waals surface area contributed by atoms with Gasteiger partial charge in [0, 0.05) is 32.7 Å². The number of benzene rings is 1. The maximum atomic E-state index is 12.0. The zero-order chi connectivity index (χ0) is 15.3. The zero-order valence-electron chi connectivity index (χ0n) is 12.1. The summed E-state index contributed by atoms with van der Waals surface area (Å²) in [6.45, 7) is 2.95. The van der Waals surface area contributed by atoms with Crippen LogP contribution in [0.5, 0.6) is 0 Å². The quantitative estimate of drug-likeness (QED) is 0.732. The van der Waals surface area contributed by atoms with Crippen LogP contribution in [0.1, 0.15) is 5.56 Å². The highest BCUT2D eigenvalue weighted by molar-refractivity contribution is 7.89. The maximum Gasteiger partial charge on any atom is 0.322 e. The van der Waals surface area contributed by atoms with E-state index in [1.807, 2.05) is 18.2 Å². The Hall–Kier alpha value is -1.44. The zero-order valence-corrected chi connectivity index (χ0v) is 12.9. The minimum absolute atomic E-state index is 0.409. The standard InChI is InChI=1S/C14H20N2O4S/c1-20-14(17)12-21(18,19)16-9-7-15(8-10-16)11-13-5-3-2-4-6-13/h2-6H,7-12H2,1H3. The van der Waals surface area contributed by atoms with Crippen LogP contribution in [0.4, 0.5) is 0 Å². The molecule has 0 aliphatic carbocycles. The molecule has 116 valence electrons. The fraction of sp³-hybridized carbons (Fsp3) is 0.500. The van der Waals surface area contributed by atoms with Crippen molar-refractivity contribution in [3.8, 4) is 0 Å². The number of carbonyl (C=O) groups is 1. The summed E-state index contributed by atoms with van der Waals surface area (Å²) in [6.07, 6.45) is 0. The summed E-state index contributed by atoms with van der Waals surface area (Å²) < 4.78 is 29.8. The molecule has 0 saturated carbocycles. The Labute approximate surface area is 125 Å². The Morgan fingerprint density at radius 3 is 2.33 bits per heavy atom. The fourth-order valence-corrected chi connectivity index (χ4v) is 3.62. The molecular formula is C14H20N2O4S. The average molecular weight is 312 g/mol. The summed E-state index contributed by atoms with van der Waals surface area (Å²) in [5.41, 5.74) is 1.21. The summed E-state index contributed by atoms with van der Waals surface area (Å²) >= 11 is 0. The maximum absolute atomic E-state index is 12.0. The molecule has 0 N–H and O–H groups in total. The van der Waals surface area contributed by atoms with E-state index >= 15 is 0 Å². The van der Waals surface area contributed by atoms with Gasteiger partial charge in [0.2, 0.25) is 10.0 Å². The normalized spacial score (nSPS) is 17.6. The van der Waals surface area contributed by atoms with Gasteiger partial charge in [-0.3, -0.25) is 9.69 Å². The van der Waals surface area contributed by atoms with Crippen LogP contribution in [0, 0.1) is 0 Å². The van der Waals surface area contributed by atoms with Crippen LogP contribution >= 0.6 is 0 Å². The Kier molecular flexibility index (Phi) is 5.33. The number of piperazine rings is 1. The summed E-state index contributed by atoms with van der Waals surface area (Å²) in [6, 6.07) is 10.1. The van der Waals surface area contributed by atoms with Crippen molar-refractivity contribution in [3.63, 3.8) is 0 Å². The Balaban J connectivity index is 1.87. The lowest BCUT2D eigenvalue weighted by Crippen LogP contribution is -2.49. The van der Waals surface area contributed by atoms with Crippen molar-refractivity contribution in [1.82, 2.24) is 9.21 Å². The number of methoxy groups -OCH3 is 1. The number of hydrogen-bond donors (Lipinski definition) is 0. The van der Waals surface area contributed by atoms with Crippen LogP contribution in [-0.4, -0.2) is 62.6 Å². The molecule has 0 unspecified atom stereocenters. The van der Waals surface area contributed by atoms with Crippen molar-refractivity contribution < 1.29 is 17.9 Å². The third-order valence-electron chi connectivity index (χ3n) is 3.50. The van der Waals surface area contributed by atoms with Crippen LogP contribution in [0.25, 0.3) is 0 Å². The topological polar surface area (TPSA) is 66.9 Å². The molecular weight excluding hydrogens is 292 g/mol. The van der Waals surface area contributed by atoms with Crippen LogP contribution < -0.4 is 0 Å². The van der Waals surface area contributed by atoms with E-state index in [-0.39, 0.29) is 0 Å². The van der Waals surface area contributed by atoms with Crippen LogP contribution in [0.3, 0.4) is 0 Å². The van der Waals surface area contributed by atoms with E-state index in [0.29, 0.717) is 26.2 Å². The van der Waals surface area contributed by atoms with E-state index in [1.54, 1.807) is 0 Å². The first-order valence-corrected chi connectivity index (χ1v) is 8.43. The molecule has 1 aromatic rings.